The molecule has 1 amide bonds. The van der Waals surface area contributed by atoms with Crippen LogP contribution in [0, 0.1) is 11.6 Å². The van der Waals surface area contributed by atoms with E-state index in [1.807, 2.05) is 0 Å². The van der Waals surface area contributed by atoms with Crippen LogP contribution in [0.3, 0.4) is 0 Å². The zero-order valence-corrected chi connectivity index (χ0v) is 15.5. The molecule has 2 aromatic heterocycles. The van der Waals surface area contributed by atoms with E-state index in [1.54, 1.807) is 12.1 Å². The van der Waals surface area contributed by atoms with E-state index in [1.165, 1.54) is 53.2 Å². The fourth-order valence-corrected chi connectivity index (χ4v) is 2.71. The van der Waals surface area contributed by atoms with Crippen LogP contribution in [0.1, 0.15) is 5.56 Å². The first-order chi connectivity index (χ1) is 14.5. The summed E-state index contributed by atoms with van der Waals surface area (Å²) in [7, 11) is 0. The molecular formula is C20H15F2N5O3. The van der Waals surface area contributed by atoms with Crippen molar-refractivity contribution in [3.05, 3.63) is 88.6 Å². The average molecular weight is 411 g/mol. The first-order valence-electron chi connectivity index (χ1n) is 8.88. The predicted molar refractivity (Wildman–Crippen MR) is 102 cm³/mol. The Balaban J connectivity index is 1.51. The van der Waals surface area contributed by atoms with Gasteiger partial charge < -0.3 is 10.1 Å². The van der Waals surface area contributed by atoms with Crippen molar-refractivity contribution < 1.29 is 18.3 Å². The second kappa shape index (κ2) is 8.11. The molecule has 1 N–H and O–H groups in total. The lowest BCUT2D eigenvalue weighted by Gasteiger charge is -2.05. The van der Waals surface area contributed by atoms with Crippen molar-refractivity contribution in [2.75, 3.05) is 0 Å². The fraction of sp³-hybridized carbons (Fsp3) is 0.100. The van der Waals surface area contributed by atoms with Gasteiger partial charge in [0.15, 0.2) is 0 Å². The molecule has 0 aliphatic heterocycles. The Bertz CT molecular complexity index is 1250. The number of ether oxygens (including phenoxy) is 1. The van der Waals surface area contributed by atoms with E-state index < -0.39 is 17.4 Å². The van der Waals surface area contributed by atoms with Crippen LogP contribution in [0.5, 0.6) is 11.6 Å². The minimum Gasteiger partial charge on any atom is -0.436 e. The number of fused-ring (bicyclic) bond motifs is 1. The van der Waals surface area contributed by atoms with Crippen molar-refractivity contribution in [1.82, 2.24) is 24.5 Å². The second-order valence-electron chi connectivity index (χ2n) is 6.33. The molecule has 152 valence electrons. The molecule has 0 saturated carbocycles. The van der Waals surface area contributed by atoms with Gasteiger partial charge in [-0.2, -0.15) is 0 Å². The SMILES string of the molecule is O=C(Cn1nc2c(Oc3ccc(F)cc3)nccn2c1=O)NCc1ccc(F)cc1. The number of halogens is 2. The minimum atomic E-state index is -0.548. The van der Waals surface area contributed by atoms with Gasteiger partial charge in [-0.1, -0.05) is 12.1 Å². The topological polar surface area (TPSA) is 90.5 Å². The third-order valence-corrected chi connectivity index (χ3v) is 4.19. The average Bonchev–Trinajstić information content (AvgIpc) is 3.06. The van der Waals surface area contributed by atoms with Crippen molar-refractivity contribution in [1.29, 1.82) is 0 Å². The number of carbonyl (C=O) groups excluding carboxylic acids is 1. The number of amides is 1. The second-order valence-corrected chi connectivity index (χ2v) is 6.33. The van der Waals surface area contributed by atoms with Crippen LogP contribution in [0.25, 0.3) is 5.65 Å². The molecular weight excluding hydrogens is 396 g/mol. The summed E-state index contributed by atoms with van der Waals surface area (Å²) >= 11 is 0. The van der Waals surface area contributed by atoms with Gasteiger partial charge in [-0.05, 0) is 42.0 Å². The maximum Gasteiger partial charge on any atom is 0.351 e. The summed E-state index contributed by atoms with van der Waals surface area (Å²) in [6.07, 6.45) is 2.75. The molecule has 0 bridgehead atoms. The van der Waals surface area contributed by atoms with Crippen LogP contribution in [-0.2, 0) is 17.9 Å². The van der Waals surface area contributed by atoms with E-state index in [9.17, 15) is 18.4 Å². The predicted octanol–water partition coefficient (Wildman–Crippen LogP) is 2.28. The summed E-state index contributed by atoms with van der Waals surface area (Å²) in [5.74, 6) is -0.879. The molecule has 0 aliphatic rings. The number of carbonyl (C=O) groups is 1. The molecule has 0 saturated heterocycles. The first-order valence-corrected chi connectivity index (χ1v) is 8.88. The monoisotopic (exact) mass is 411 g/mol. The Morgan fingerprint density at radius 3 is 2.40 bits per heavy atom. The Morgan fingerprint density at radius 2 is 1.70 bits per heavy atom. The third kappa shape index (κ3) is 4.17. The largest absolute Gasteiger partial charge is 0.436 e. The number of hydrogen-bond donors (Lipinski definition) is 1. The summed E-state index contributed by atoms with van der Waals surface area (Å²) in [5, 5.41) is 6.77. The fourth-order valence-electron chi connectivity index (χ4n) is 2.71. The van der Waals surface area contributed by atoms with Gasteiger partial charge in [-0.15, -0.1) is 5.10 Å². The van der Waals surface area contributed by atoms with Crippen LogP contribution in [0.4, 0.5) is 8.78 Å². The molecule has 0 aliphatic carbocycles. The quantitative estimate of drug-likeness (QED) is 0.526. The van der Waals surface area contributed by atoms with E-state index in [2.05, 4.69) is 15.4 Å². The molecule has 0 fully saturated rings. The summed E-state index contributed by atoms with van der Waals surface area (Å²) in [5.41, 5.74) is 0.276. The van der Waals surface area contributed by atoms with Crippen LogP contribution < -0.4 is 15.7 Å². The number of nitrogens with one attached hydrogen (secondary N) is 1. The van der Waals surface area contributed by atoms with E-state index in [4.69, 9.17) is 4.74 Å². The number of nitrogens with zero attached hydrogens (tertiary/aromatic N) is 4. The molecule has 30 heavy (non-hydrogen) atoms. The van der Waals surface area contributed by atoms with E-state index >= 15 is 0 Å². The molecule has 4 aromatic rings. The highest BCUT2D eigenvalue weighted by Gasteiger charge is 2.15. The summed E-state index contributed by atoms with van der Waals surface area (Å²) < 4.78 is 33.8. The lowest BCUT2D eigenvalue weighted by Crippen LogP contribution is -2.32. The molecule has 4 rings (SSSR count). The highest BCUT2D eigenvalue weighted by Crippen LogP contribution is 2.22. The van der Waals surface area contributed by atoms with Crippen molar-refractivity contribution in [2.24, 2.45) is 0 Å². The molecule has 0 unspecified atom stereocenters. The van der Waals surface area contributed by atoms with Gasteiger partial charge in [0.05, 0.1) is 0 Å². The highest BCUT2D eigenvalue weighted by atomic mass is 19.1. The lowest BCUT2D eigenvalue weighted by atomic mass is 10.2. The van der Waals surface area contributed by atoms with Crippen molar-refractivity contribution in [3.8, 4) is 11.6 Å². The molecule has 0 radical (unpaired) electrons. The third-order valence-electron chi connectivity index (χ3n) is 4.19. The number of aromatic nitrogens is 4. The maximum absolute atomic E-state index is 13.1. The highest BCUT2D eigenvalue weighted by molar-refractivity contribution is 5.75. The molecule has 8 nitrogen and oxygen atoms in total. The Morgan fingerprint density at radius 1 is 1.03 bits per heavy atom. The van der Waals surface area contributed by atoms with E-state index in [-0.39, 0.29) is 30.4 Å². The van der Waals surface area contributed by atoms with Crippen LogP contribution in [0.15, 0.2) is 65.7 Å². The molecule has 0 atom stereocenters. The van der Waals surface area contributed by atoms with Gasteiger partial charge in [0.25, 0.3) is 5.88 Å². The Labute approximate surface area is 168 Å². The van der Waals surface area contributed by atoms with Crippen molar-refractivity contribution >= 4 is 11.6 Å². The van der Waals surface area contributed by atoms with Crippen LogP contribution in [0.2, 0.25) is 0 Å². The number of rotatable bonds is 6. The van der Waals surface area contributed by atoms with Gasteiger partial charge in [-0.3, -0.25) is 4.79 Å². The van der Waals surface area contributed by atoms with Gasteiger partial charge in [0.1, 0.15) is 23.9 Å². The Hall–Kier alpha value is -4.08. The van der Waals surface area contributed by atoms with Crippen LogP contribution >= 0.6 is 0 Å². The van der Waals surface area contributed by atoms with Gasteiger partial charge >= 0.3 is 5.69 Å². The molecule has 2 heterocycles. The smallest absolute Gasteiger partial charge is 0.351 e. The first kappa shape index (κ1) is 19.2. The Kier molecular flexibility index (Phi) is 5.21. The van der Waals surface area contributed by atoms with Gasteiger partial charge in [0, 0.05) is 18.9 Å². The number of benzene rings is 2. The minimum absolute atomic E-state index is 0.0340. The zero-order chi connectivity index (χ0) is 21.1. The zero-order valence-electron chi connectivity index (χ0n) is 15.5. The number of hydrogen-bond acceptors (Lipinski definition) is 5. The standard InChI is InChI=1S/C20H15F2N5O3/c21-14-3-1-13(2-4-14)11-24-17(28)12-27-20(29)26-10-9-23-19(18(26)25-27)30-16-7-5-15(22)6-8-16/h1-10H,11-12H2,(H,24,28). The molecule has 10 heteroatoms. The molecule has 0 spiro atoms. The summed E-state index contributed by atoms with van der Waals surface area (Å²) in [6.45, 7) is -0.139. The normalized spacial score (nSPS) is 10.9. The summed E-state index contributed by atoms with van der Waals surface area (Å²) in [6, 6.07) is 11.0. The van der Waals surface area contributed by atoms with Crippen molar-refractivity contribution in [2.45, 2.75) is 13.1 Å². The van der Waals surface area contributed by atoms with Gasteiger partial charge in [0.2, 0.25) is 11.6 Å². The van der Waals surface area contributed by atoms with Gasteiger partial charge in [-0.25, -0.2) is 27.6 Å². The molecule has 2 aromatic carbocycles. The van der Waals surface area contributed by atoms with E-state index in [0.29, 0.717) is 11.3 Å². The van der Waals surface area contributed by atoms with Crippen LogP contribution in [-0.4, -0.2) is 25.1 Å². The summed E-state index contributed by atoms with van der Waals surface area (Å²) in [4.78, 5) is 28.8. The lowest BCUT2D eigenvalue weighted by molar-refractivity contribution is -0.122. The van der Waals surface area contributed by atoms with E-state index in [0.717, 1.165) is 4.68 Å². The maximum atomic E-state index is 13.1. The van der Waals surface area contributed by atoms with Crippen molar-refractivity contribution in [3.63, 3.8) is 0 Å².